The van der Waals surface area contributed by atoms with Crippen LogP contribution in [0.2, 0.25) is 15.1 Å². The predicted molar refractivity (Wildman–Crippen MR) is 137 cm³/mol. The Morgan fingerprint density at radius 1 is 1.09 bits per heavy atom. The van der Waals surface area contributed by atoms with Gasteiger partial charge in [0, 0.05) is 29.6 Å². The van der Waals surface area contributed by atoms with Gasteiger partial charge >= 0.3 is 0 Å². The Balaban J connectivity index is 0.00000176. The number of hydrogen-bond acceptors (Lipinski definition) is 4. The lowest BCUT2D eigenvalue weighted by atomic mass is 9.91. The molecule has 0 aliphatic carbocycles. The maximum atomic E-state index is 13.0. The molecule has 0 saturated carbocycles. The fourth-order valence-corrected chi connectivity index (χ4v) is 4.15. The van der Waals surface area contributed by atoms with Crippen molar-refractivity contribution < 1.29 is 4.79 Å². The van der Waals surface area contributed by atoms with Gasteiger partial charge in [-0.2, -0.15) is 5.10 Å². The van der Waals surface area contributed by atoms with Gasteiger partial charge < -0.3 is 0 Å². The fourth-order valence-electron chi connectivity index (χ4n) is 3.53. The van der Waals surface area contributed by atoms with Gasteiger partial charge in [-0.3, -0.25) is 15.2 Å². The summed E-state index contributed by atoms with van der Waals surface area (Å²) in [5.41, 5.74) is 5.05. The number of hydrazone groups is 1. The molecule has 0 saturated heterocycles. The molecule has 1 aliphatic rings. The zero-order valence-electron chi connectivity index (χ0n) is 19.2. The summed E-state index contributed by atoms with van der Waals surface area (Å²) in [4.78, 5) is 13.0. The van der Waals surface area contributed by atoms with Gasteiger partial charge in [-0.1, -0.05) is 81.1 Å². The van der Waals surface area contributed by atoms with Crippen LogP contribution in [0.5, 0.6) is 0 Å². The van der Waals surface area contributed by atoms with E-state index < -0.39 is 0 Å². The van der Waals surface area contributed by atoms with E-state index in [9.17, 15) is 4.79 Å². The number of unbranched alkanes of at least 4 members (excludes halogenated alkanes) is 1. The maximum absolute atomic E-state index is 13.0. The Hall–Kier alpha value is -1.79. The summed E-state index contributed by atoms with van der Waals surface area (Å²) in [6, 6.07) is 12.6. The molecule has 1 heterocycles. The number of carbonyl (C=O) groups is 1. The molecule has 174 valence electrons. The van der Waals surface area contributed by atoms with Crippen molar-refractivity contribution in [3.05, 3.63) is 63.1 Å². The molecule has 2 atom stereocenters. The van der Waals surface area contributed by atoms with Crippen molar-refractivity contribution in [3.8, 4) is 0 Å². The van der Waals surface area contributed by atoms with Crippen molar-refractivity contribution in [2.45, 2.75) is 46.6 Å². The van der Waals surface area contributed by atoms with E-state index in [1.54, 1.807) is 22.2 Å². The second kappa shape index (κ2) is 12.4. The molecule has 2 aromatic carbocycles. The monoisotopic (exact) mass is 496 g/mol. The average molecular weight is 498 g/mol. The van der Waals surface area contributed by atoms with Gasteiger partial charge in [-0.25, -0.2) is 5.01 Å². The van der Waals surface area contributed by atoms with Crippen LogP contribution in [-0.4, -0.2) is 30.2 Å². The summed E-state index contributed by atoms with van der Waals surface area (Å²) in [6.07, 6.45) is 2.05. The van der Waals surface area contributed by atoms with Crippen molar-refractivity contribution in [1.82, 2.24) is 10.4 Å². The minimum Gasteiger partial charge on any atom is -0.284 e. The van der Waals surface area contributed by atoms with E-state index in [0.29, 0.717) is 26.5 Å². The van der Waals surface area contributed by atoms with E-state index in [1.807, 2.05) is 58.2 Å². The molecule has 8 heteroatoms. The quantitative estimate of drug-likeness (QED) is 0.419. The van der Waals surface area contributed by atoms with Gasteiger partial charge in [0.15, 0.2) is 0 Å². The van der Waals surface area contributed by atoms with Crippen LogP contribution in [0, 0.1) is 5.92 Å². The Bertz CT molecular complexity index is 933. The van der Waals surface area contributed by atoms with Gasteiger partial charge in [-0.15, -0.1) is 0 Å². The number of nitrogens with zero attached hydrogens (tertiary/aromatic N) is 3. The number of nitrogens with one attached hydrogen (secondary N) is 1. The van der Waals surface area contributed by atoms with Crippen LogP contribution in [0.25, 0.3) is 0 Å². The van der Waals surface area contributed by atoms with Crippen LogP contribution in [0.3, 0.4) is 0 Å². The first kappa shape index (κ1) is 26.5. The number of anilines is 1. The number of benzene rings is 2. The molecule has 0 radical (unpaired) electrons. The van der Waals surface area contributed by atoms with E-state index in [-0.39, 0.29) is 17.9 Å². The van der Waals surface area contributed by atoms with Crippen LogP contribution in [0.15, 0.2) is 47.6 Å². The number of carbonyl (C=O) groups excluding carboxylic acids is 1. The van der Waals surface area contributed by atoms with Gasteiger partial charge in [0.1, 0.15) is 5.71 Å². The van der Waals surface area contributed by atoms with Gasteiger partial charge in [0.05, 0.1) is 16.8 Å². The molecular formula is C24H31Cl3N4O. The van der Waals surface area contributed by atoms with Crippen molar-refractivity contribution >= 4 is 52.1 Å². The van der Waals surface area contributed by atoms with E-state index >= 15 is 0 Å². The zero-order valence-corrected chi connectivity index (χ0v) is 21.5. The summed E-state index contributed by atoms with van der Waals surface area (Å²) in [5.74, 6) is -0.384. The standard InChI is InChI=1S/C22H25Cl3N4O.C2H6/c1-4-5-12-28(3)27-22(30)20-14(2)21(15-6-8-16(23)9-7-15)29(26-20)19-11-10-17(24)13-18(19)25;1-2/h6-11,13-14,21H,4-5,12H2,1-3H3,(H,27,30);1-2H3/t14-,21?;/m1./s1. The van der Waals surface area contributed by atoms with E-state index in [4.69, 9.17) is 39.9 Å². The molecule has 5 nitrogen and oxygen atoms in total. The summed E-state index contributed by atoms with van der Waals surface area (Å²) >= 11 is 18.6. The third-order valence-corrected chi connectivity index (χ3v) is 5.91. The third-order valence-electron chi connectivity index (χ3n) is 5.12. The van der Waals surface area contributed by atoms with Crippen molar-refractivity contribution in [1.29, 1.82) is 0 Å². The molecule has 3 rings (SSSR count). The summed E-state index contributed by atoms with van der Waals surface area (Å²) in [5, 5.41) is 9.96. The molecule has 1 amide bonds. The predicted octanol–water partition coefficient (Wildman–Crippen LogP) is 6.99. The van der Waals surface area contributed by atoms with Gasteiger partial charge in [-0.05, 0) is 42.3 Å². The number of amides is 1. The molecule has 32 heavy (non-hydrogen) atoms. The van der Waals surface area contributed by atoms with Crippen molar-refractivity contribution in [2.24, 2.45) is 11.0 Å². The van der Waals surface area contributed by atoms with Crippen LogP contribution in [-0.2, 0) is 4.79 Å². The second-order valence-electron chi connectivity index (χ2n) is 7.43. The topological polar surface area (TPSA) is 47.9 Å². The molecule has 2 aromatic rings. The Morgan fingerprint density at radius 3 is 2.31 bits per heavy atom. The molecule has 0 aromatic heterocycles. The number of hydrogen-bond donors (Lipinski definition) is 1. The smallest absolute Gasteiger partial charge is 0.282 e. The number of rotatable bonds is 7. The fraction of sp³-hybridized carbons (Fsp3) is 0.417. The first-order valence-corrected chi connectivity index (χ1v) is 12.1. The number of halogens is 3. The van der Waals surface area contributed by atoms with E-state index in [1.165, 1.54) is 0 Å². The summed E-state index contributed by atoms with van der Waals surface area (Å²) < 4.78 is 0. The highest BCUT2D eigenvalue weighted by Crippen LogP contribution is 2.42. The van der Waals surface area contributed by atoms with Crippen LogP contribution >= 0.6 is 34.8 Å². The SMILES string of the molecule is CC.CCCCN(C)NC(=O)C1=NN(c2ccc(Cl)cc2Cl)C(c2ccc(Cl)cc2)[C@@H]1C. The molecule has 0 spiro atoms. The minimum absolute atomic E-state index is 0.169. The van der Waals surface area contributed by atoms with Crippen LogP contribution in [0.1, 0.15) is 52.1 Å². The van der Waals surface area contributed by atoms with E-state index in [0.717, 1.165) is 24.9 Å². The highest BCUT2D eigenvalue weighted by atomic mass is 35.5. The van der Waals surface area contributed by atoms with Gasteiger partial charge in [0.25, 0.3) is 5.91 Å². The second-order valence-corrected chi connectivity index (χ2v) is 8.71. The van der Waals surface area contributed by atoms with Crippen LogP contribution in [0.4, 0.5) is 5.69 Å². The lowest BCUT2D eigenvalue weighted by molar-refractivity contribution is -0.119. The minimum atomic E-state index is -0.215. The first-order chi connectivity index (χ1) is 15.3. The molecule has 1 aliphatic heterocycles. The van der Waals surface area contributed by atoms with Crippen molar-refractivity contribution in [2.75, 3.05) is 18.6 Å². The number of hydrazine groups is 1. The summed E-state index contributed by atoms with van der Waals surface area (Å²) in [7, 11) is 1.86. The molecular weight excluding hydrogens is 467 g/mol. The maximum Gasteiger partial charge on any atom is 0.282 e. The highest BCUT2D eigenvalue weighted by Gasteiger charge is 2.40. The van der Waals surface area contributed by atoms with E-state index in [2.05, 4.69) is 12.3 Å². The molecule has 1 unspecified atom stereocenters. The normalized spacial score (nSPS) is 17.7. The summed E-state index contributed by atoms with van der Waals surface area (Å²) in [6.45, 7) is 8.88. The largest absolute Gasteiger partial charge is 0.284 e. The molecule has 1 N–H and O–H groups in total. The zero-order chi connectivity index (χ0) is 23.8. The Labute approximate surface area is 206 Å². The Morgan fingerprint density at radius 2 is 1.72 bits per heavy atom. The van der Waals surface area contributed by atoms with Crippen LogP contribution < -0.4 is 10.4 Å². The van der Waals surface area contributed by atoms with Gasteiger partial charge in [0.2, 0.25) is 0 Å². The highest BCUT2D eigenvalue weighted by molar-refractivity contribution is 6.41. The van der Waals surface area contributed by atoms with Crippen molar-refractivity contribution in [3.63, 3.8) is 0 Å². The lowest BCUT2D eigenvalue weighted by Gasteiger charge is -2.27. The first-order valence-electron chi connectivity index (χ1n) is 10.9. The molecule has 0 fully saturated rings. The average Bonchev–Trinajstić information content (AvgIpc) is 3.11. The molecule has 0 bridgehead atoms. The Kier molecular flexibility index (Phi) is 10.3. The third kappa shape index (κ3) is 6.38. The lowest BCUT2D eigenvalue weighted by Crippen LogP contribution is -2.44.